The summed E-state index contributed by atoms with van der Waals surface area (Å²) in [5, 5.41) is 6.89. The van der Waals surface area contributed by atoms with E-state index in [0.717, 1.165) is 24.9 Å². The number of piperazine rings is 1. The van der Waals surface area contributed by atoms with E-state index >= 15 is 0 Å². The first kappa shape index (κ1) is 13.9. The van der Waals surface area contributed by atoms with Crippen LogP contribution in [0.2, 0.25) is 0 Å². The predicted molar refractivity (Wildman–Crippen MR) is 70.8 cm³/mol. The van der Waals surface area contributed by atoms with Gasteiger partial charge < -0.3 is 15.5 Å². The molecule has 2 atom stereocenters. The predicted octanol–water partition coefficient (Wildman–Crippen LogP) is 1.16. The summed E-state index contributed by atoms with van der Waals surface area (Å²) >= 11 is 0. The van der Waals surface area contributed by atoms with Crippen molar-refractivity contribution in [3.05, 3.63) is 0 Å². The van der Waals surface area contributed by atoms with Crippen molar-refractivity contribution in [3.63, 3.8) is 0 Å². The molecule has 0 aromatic heterocycles. The zero-order valence-electron chi connectivity index (χ0n) is 11.4. The summed E-state index contributed by atoms with van der Waals surface area (Å²) in [6.45, 7) is 13.0. The van der Waals surface area contributed by atoms with Gasteiger partial charge >= 0.3 is 0 Å². The normalized spacial score (nSPS) is 22.3. The molecule has 0 saturated carbocycles. The van der Waals surface area contributed by atoms with Crippen LogP contribution in [0.4, 0.5) is 0 Å². The molecule has 0 aliphatic carbocycles. The highest BCUT2D eigenvalue weighted by Crippen LogP contribution is 2.14. The zero-order chi connectivity index (χ0) is 12.0. The molecule has 1 rings (SSSR count). The van der Waals surface area contributed by atoms with Crippen molar-refractivity contribution in [2.75, 3.05) is 39.8 Å². The maximum atomic E-state index is 3.48. The van der Waals surface area contributed by atoms with Crippen LogP contribution in [0.5, 0.6) is 0 Å². The van der Waals surface area contributed by atoms with Crippen LogP contribution in [0.25, 0.3) is 0 Å². The van der Waals surface area contributed by atoms with Crippen LogP contribution in [0.3, 0.4) is 0 Å². The molecule has 0 spiro atoms. The minimum atomic E-state index is 0.662. The lowest BCUT2D eigenvalue weighted by molar-refractivity contribution is 0.185. The quantitative estimate of drug-likeness (QED) is 0.713. The molecule has 3 nitrogen and oxygen atoms in total. The Balaban J connectivity index is 2.32. The van der Waals surface area contributed by atoms with E-state index in [9.17, 15) is 0 Å². The smallest absolute Gasteiger partial charge is 0.0107 e. The van der Waals surface area contributed by atoms with Crippen molar-refractivity contribution in [2.45, 2.75) is 33.2 Å². The molecule has 0 aromatic carbocycles. The lowest BCUT2D eigenvalue weighted by Gasteiger charge is -2.33. The van der Waals surface area contributed by atoms with Gasteiger partial charge in [-0.05, 0) is 25.3 Å². The van der Waals surface area contributed by atoms with Crippen molar-refractivity contribution in [1.29, 1.82) is 0 Å². The topological polar surface area (TPSA) is 27.3 Å². The van der Waals surface area contributed by atoms with Crippen molar-refractivity contribution in [2.24, 2.45) is 11.8 Å². The van der Waals surface area contributed by atoms with E-state index < -0.39 is 0 Å². The number of nitrogens with one attached hydrogen (secondary N) is 2. The van der Waals surface area contributed by atoms with E-state index in [1.807, 2.05) is 0 Å². The van der Waals surface area contributed by atoms with Crippen molar-refractivity contribution >= 4 is 0 Å². The molecule has 1 heterocycles. The molecule has 0 bridgehead atoms. The summed E-state index contributed by atoms with van der Waals surface area (Å²) in [5.41, 5.74) is 0. The average Bonchev–Trinajstić information content (AvgIpc) is 2.26. The molecule has 16 heavy (non-hydrogen) atoms. The van der Waals surface area contributed by atoms with E-state index in [1.165, 1.54) is 26.1 Å². The third-order valence-corrected chi connectivity index (χ3v) is 3.54. The van der Waals surface area contributed by atoms with Crippen LogP contribution in [0.1, 0.15) is 27.2 Å². The third kappa shape index (κ3) is 4.81. The molecule has 2 unspecified atom stereocenters. The molecular formula is C13H29N3. The summed E-state index contributed by atoms with van der Waals surface area (Å²) in [7, 11) is 2.10. The second-order valence-corrected chi connectivity index (χ2v) is 5.55. The first-order chi connectivity index (χ1) is 7.63. The van der Waals surface area contributed by atoms with Gasteiger partial charge in [-0.25, -0.2) is 0 Å². The monoisotopic (exact) mass is 227 g/mol. The van der Waals surface area contributed by atoms with E-state index in [-0.39, 0.29) is 0 Å². The molecule has 3 heteroatoms. The van der Waals surface area contributed by atoms with Crippen LogP contribution >= 0.6 is 0 Å². The first-order valence-electron chi connectivity index (χ1n) is 6.73. The fourth-order valence-electron chi connectivity index (χ4n) is 2.57. The van der Waals surface area contributed by atoms with Gasteiger partial charge in [0.2, 0.25) is 0 Å². The van der Waals surface area contributed by atoms with E-state index in [0.29, 0.717) is 6.04 Å². The maximum Gasteiger partial charge on any atom is 0.0107 e. The Labute approximate surface area is 101 Å². The molecule has 0 amide bonds. The Hall–Kier alpha value is -0.120. The largest absolute Gasteiger partial charge is 0.317 e. The highest BCUT2D eigenvalue weighted by molar-refractivity contribution is 4.78. The minimum absolute atomic E-state index is 0.662. The van der Waals surface area contributed by atoms with Gasteiger partial charge in [-0.2, -0.15) is 0 Å². The van der Waals surface area contributed by atoms with Crippen molar-refractivity contribution < 1.29 is 0 Å². The van der Waals surface area contributed by atoms with Crippen molar-refractivity contribution in [3.8, 4) is 0 Å². The maximum absolute atomic E-state index is 3.48. The van der Waals surface area contributed by atoms with Crippen LogP contribution in [0, 0.1) is 11.8 Å². The molecule has 1 fully saturated rings. The van der Waals surface area contributed by atoms with E-state index in [4.69, 9.17) is 0 Å². The van der Waals surface area contributed by atoms with Gasteiger partial charge in [-0.3, -0.25) is 0 Å². The number of rotatable bonds is 6. The molecule has 2 N–H and O–H groups in total. The fourth-order valence-corrected chi connectivity index (χ4v) is 2.57. The lowest BCUT2D eigenvalue weighted by Crippen LogP contribution is -2.47. The molecule has 0 aromatic rings. The van der Waals surface area contributed by atoms with Crippen LogP contribution in [0.15, 0.2) is 0 Å². The highest BCUT2D eigenvalue weighted by Gasteiger charge is 2.20. The Morgan fingerprint density at radius 3 is 2.31 bits per heavy atom. The summed E-state index contributed by atoms with van der Waals surface area (Å²) < 4.78 is 0. The number of nitrogens with zero attached hydrogens (tertiary/aromatic N) is 1. The zero-order valence-corrected chi connectivity index (χ0v) is 11.4. The average molecular weight is 227 g/mol. The number of hydrogen-bond donors (Lipinski definition) is 2. The summed E-state index contributed by atoms with van der Waals surface area (Å²) in [4.78, 5) is 2.59. The highest BCUT2D eigenvalue weighted by atomic mass is 15.2. The molecule has 1 saturated heterocycles. The SMILES string of the molecule is CNC(CC(C)C)C(C)CN1CCNCC1. The van der Waals surface area contributed by atoms with Crippen LogP contribution in [-0.2, 0) is 0 Å². The molecule has 96 valence electrons. The van der Waals surface area contributed by atoms with Gasteiger partial charge in [-0.15, -0.1) is 0 Å². The Kier molecular flexibility index (Phi) is 6.32. The summed E-state index contributed by atoms with van der Waals surface area (Å²) in [6, 6.07) is 0.662. The standard InChI is InChI=1S/C13H29N3/c1-11(2)9-13(14-4)12(3)10-16-7-5-15-6-8-16/h11-15H,5-10H2,1-4H3. The molecule has 1 aliphatic heterocycles. The van der Waals surface area contributed by atoms with Gasteiger partial charge in [0.15, 0.2) is 0 Å². The Morgan fingerprint density at radius 1 is 1.19 bits per heavy atom. The van der Waals surface area contributed by atoms with Gasteiger partial charge in [-0.1, -0.05) is 20.8 Å². The summed E-state index contributed by atoms with van der Waals surface area (Å²) in [5.74, 6) is 1.52. The number of hydrogen-bond acceptors (Lipinski definition) is 3. The lowest BCUT2D eigenvalue weighted by atomic mass is 9.93. The van der Waals surface area contributed by atoms with Gasteiger partial charge in [0, 0.05) is 38.8 Å². The van der Waals surface area contributed by atoms with Gasteiger partial charge in [0.1, 0.15) is 0 Å². The first-order valence-corrected chi connectivity index (χ1v) is 6.73. The van der Waals surface area contributed by atoms with Crippen molar-refractivity contribution in [1.82, 2.24) is 15.5 Å². The second kappa shape index (κ2) is 7.25. The van der Waals surface area contributed by atoms with E-state index in [1.54, 1.807) is 0 Å². The molecular weight excluding hydrogens is 198 g/mol. The summed E-state index contributed by atoms with van der Waals surface area (Å²) in [6.07, 6.45) is 1.28. The fraction of sp³-hybridized carbons (Fsp3) is 1.00. The van der Waals surface area contributed by atoms with Crippen LogP contribution in [-0.4, -0.2) is 50.7 Å². The van der Waals surface area contributed by atoms with Gasteiger partial charge in [0.25, 0.3) is 0 Å². The van der Waals surface area contributed by atoms with Gasteiger partial charge in [0.05, 0.1) is 0 Å². The third-order valence-electron chi connectivity index (χ3n) is 3.54. The second-order valence-electron chi connectivity index (χ2n) is 5.55. The minimum Gasteiger partial charge on any atom is -0.317 e. The molecule has 1 aliphatic rings. The van der Waals surface area contributed by atoms with E-state index in [2.05, 4.69) is 43.4 Å². The van der Waals surface area contributed by atoms with Crippen LogP contribution < -0.4 is 10.6 Å². The molecule has 0 radical (unpaired) electrons. The Bertz CT molecular complexity index is 176. The Morgan fingerprint density at radius 2 is 1.81 bits per heavy atom.